The third kappa shape index (κ3) is 6.99. The number of hydrogen-bond acceptors (Lipinski definition) is 4. The van der Waals surface area contributed by atoms with Gasteiger partial charge in [0.2, 0.25) is 11.8 Å². The number of likely N-dealkylation sites (N-methyl/N-ethyl adjacent to an activating group) is 1. The highest BCUT2D eigenvalue weighted by molar-refractivity contribution is 9.10. The first-order valence-corrected chi connectivity index (χ1v) is 14.2. The van der Waals surface area contributed by atoms with E-state index in [-0.39, 0.29) is 17.3 Å². The first-order chi connectivity index (χ1) is 17.6. The summed E-state index contributed by atoms with van der Waals surface area (Å²) in [6.07, 6.45) is 0.375. The number of aryl methyl sites for hydroxylation is 2. The molecule has 0 bridgehead atoms. The summed E-state index contributed by atoms with van der Waals surface area (Å²) in [6.45, 7) is 5.38. The number of rotatable bonds is 10. The Morgan fingerprint density at radius 2 is 1.43 bits per heavy atom. The number of anilines is 1. The van der Waals surface area contributed by atoms with Crippen molar-refractivity contribution in [3.8, 4) is 0 Å². The minimum atomic E-state index is -4.08. The number of carbonyl (C=O) groups excluding carboxylic acids is 2. The quantitative estimate of drug-likeness (QED) is 0.370. The van der Waals surface area contributed by atoms with Crippen LogP contribution in [0.5, 0.6) is 0 Å². The molecule has 1 N–H and O–H groups in total. The van der Waals surface area contributed by atoms with Crippen molar-refractivity contribution >= 4 is 43.5 Å². The second kappa shape index (κ2) is 12.4. The van der Waals surface area contributed by atoms with Gasteiger partial charge in [-0.05, 0) is 62.2 Å². The Morgan fingerprint density at radius 1 is 0.892 bits per heavy atom. The zero-order valence-electron chi connectivity index (χ0n) is 21.4. The number of amides is 2. The Morgan fingerprint density at radius 3 is 1.95 bits per heavy atom. The van der Waals surface area contributed by atoms with Crippen LogP contribution in [0.3, 0.4) is 0 Å². The molecule has 3 aromatic carbocycles. The molecule has 0 heterocycles. The predicted octanol–water partition coefficient (Wildman–Crippen LogP) is 4.81. The number of nitrogens with one attached hydrogen (secondary N) is 1. The van der Waals surface area contributed by atoms with Crippen LogP contribution in [-0.2, 0) is 26.2 Å². The van der Waals surface area contributed by atoms with Gasteiger partial charge in [-0.2, -0.15) is 0 Å². The molecule has 3 rings (SSSR count). The molecule has 196 valence electrons. The summed E-state index contributed by atoms with van der Waals surface area (Å²) >= 11 is 3.38. The molecular formula is C28H32BrN3O4S. The zero-order valence-corrected chi connectivity index (χ0v) is 23.8. The minimum Gasteiger partial charge on any atom is -0.357 e. The lowest BCUT2D eigenvalue weighted by Gasteiger charge is -2.33. The van der Waals surface area contributed by atoms with Crippen LogP contribution in [0.2, 0.25) is 0 Å². The fraction of sp³-hybridized carbons (Fsp3) is 0.286. The largest absolute Gasteiger partial charge is 0.357 e. The first kappa shape index (κ1) is 28.4. The molecule has 0 fully saturated rings. The summed E-state index contributed by atoms with van der Waals surface area (Å²) in [5.74, 6) is -0.783. The molecule has 0 radical (unpaired) electrons. The van der Waals surface area contributed by atoms with Gasteiger partial charge in [-0.3, -0.25) is 13.9 Å². The van der Waals surface area contributed by atoms with Crippen molar-refractivity contribution in [3.63, 3.8) is 0 Å². The van der Waals surface area contributed by atoms with Crippen molar-refractivity contribution in [2.75, 3.05) is 17.9 Å². The van der Waals surface area contributed by atoms with Crippen molar-refractivity contribution in [1.82, 2.24) is 10.2 Å². The highest BCUT2D eigenvalue weighted by Crippen LogP contribution is 2.26. The van der Waals surface area contributed by atoms with Gasteiger partial charge in [-0.25, -0.2) is 8.42 Å². The van der Waals surface area contributed by atoms with Crippen LogP contribution in [0.15, 0.2) is 82.2 Å². The summed E-state index contributed by atoms with van der Waals surface area (Å²) in [6, 6.07) is 20.2. The molecule has 0 unspecified atom stereocenters. The van der Waals surface area contributed by atoms with Gasteiger partial charge in [0.1, 0.15) is 12.6 Å². The molecule has 3 aromatic rings. The summed E-state index contributed by atoms with van der Waals surface area (Å²) in [7, 11) is -2.56. The third-order valence-electron chi connectivity index (χ3n) is 6.11. The molecule has 0 saturated carbocycles. The lowest BCUT2D eigenvalue weighted by Crippen LogP contribution is -2.51. The Hall–Kier alpha value is -3.17. The average Bonchev–Trinajstić information content (AvgIpc) is 2.88. The number of halogens is 1. The molecule has 0 spiro atoms. The fourth-order valence-corrected chi connectivity index (χ4v) is 5.63. The maximum absolute atomic E-state index is 13.8. The van der Waals surface area contributed by atoms with Crippen LogP contribution in [0.4, 0.5) is 5.69 Å². The highest BCUT2D eigenvalue weighted by Gasteiger charge is 2.33. The molecule has 2 amide bonds. The molecule has 0 aliphatic rings. The Kier molecular flexibility index (Phi) is 9.50. The second-order valence-electron chi connectivity index (χ2n) is 8.85. The van der Waals surface area contributed by atoms with Crippen LogP contribution in [0, 0.1) is 13.8 Å². The first-order valence-electron chi connectivity index (χ1n) is 12.0. The summed E-state index contributed by atoms with van der Waals surface area (Å²) in [5, 5.41) is 2.63. The van der Waals surface area contributed by atoms with Crippen molar-refractivity contribution in [1.29, 1.82) is 0 Å². The SMILES string of the molecule is CC[C@H](C(=O)NC)N(Cc1ccc(C)cc1)C(=O)CN(c1ccc(Br)cc1)S(=O)(=O)c1ccc(C)cc1. The predicted molar refractivity (Wildman–Crippen MR) is 150 cm³/mol. The molecule has 1 atom stereocenters. The van der Waals surface area contributed by atoms with E-state index in [2.05, 4.69) is 21.2 Å². The monoisotopic (exact) mass is 585 g/mol. The number of benzene rings is 3. The van der Waals surface area contributed by atoms with E-state index in [0.29, 0.717) is 12.1 Å². The van der Waals surface area contributed by atoms with Crippen LogP contribution in [-0.4, -0.2) is 44.8 Å². The van der Waals surface area contributed by atoms with Gasteiger partial charge in [0, 0.05) is 18.1 Å². The smallest absolute Gasteiger partial charge is 0.264 e. The number of nitrogens with zero attached hydrogens (tertiary/aromatic N) is 2. The van der Waals surface area contributed by atoms with E-state index in [4.69, 9.17) is 0 Å². The molecule has 7 nitrogen and oxygen atoms in total. The summed E-state index contributed by atoms with van der Waals surface area (Å²) in [4.78, 5) is 28.1. The molecule has 9 heteroatoms. The van der Waals surface area contributed by atoms with E-state index in [9.17, 15) is 18.0 Å². The normalized spacial score (nSPS) is 12.0. The van der Waals surface area contributed by atoms with E-state index >= 15 is 0 Å². The van der Waals surface area contributed by atoms with Gasteiger partial charge < -0.3 is 10.2 Å². The lowest BCUT2D eigenvalue weighted by molar-refractivity contribution is -0.140. The van der Waals surface area contributed by atoms with E-state index in [0.717, 1.165) is 25.5 Å². The Bertz CT molecular complexity index is 1330. The molecule has 0 aromatic heterocycles. The average molecular weight is 587 g/mol. The van der Waals surface area contributed by atoms with E-state index in [1.807, 2.05) is 45.0 Å². The Balaban J connectivity index is 2.04. The van der Waals surface area contributed by atoms with Gasteiger partial charge in [0.15, 0.2) is 0 Å². The van der Waals surface area contributed by atoms with Crippen LogP contribution < -0.4 is 9.62 Å². The second-order valence-corrected chi connectivity index (χ2v) is 11.6. The van der Waals surface area contributed by atoms with E-state index in [1.54, 1.807) is 36.4 Å². The standard InChI is InChI=1S/C28H32BrN3O4S/c1-5-26(28(34)30-4)31(18-22-10-6-20(2)7-11-22)27(33)19-32(24-14-12-23(29)13-15-24)37(35,36)25-16-8-21(3)9-17-25/h6-17,26H,5,18-19H2,1-4H3,(H,30,34)/t26-/m1/s1. The maximum atomic E-state index is 13.8. The van der Waals surface area contributed by atoms with E-state index in [1.165, 1.54) is 24.1 Å². The maximum Gasteiger partial charge on any atom is 0.264 e. The molecular weight excluding hydrogens is 554 g/mol. The van der Waals surface area contributed by atoms with Crippen LogP contribution in [0.1, 0.15) is 30.0 Å². The minimum absolute atomic E-state index is 0.0808. The van der Waals surface area contributed by atoms with Crippen LogP contribution >= 0.6 is 15.9 Å². The van der Waals surface area contributed by atoms with Crippen molar-refractivity contribution < 1.29 is 18.0 Å². The number of carbonyl (C=O) groups is 2. The zero-order chi connectivity index (χ0) is 27.2. The lowest BCUT2D eigenvalue weighted by atomic mass is 10.1. The van der Waals surface area contributed by atoms with E-state index < -0.39 is 28.5 Å². The molecule has 37 heavy (non-hydrogen) atoms. The fourth-order valence-electron chi connectivity index (χ4n) is 3.95. The number of hydrogen-bond donors (Lipinski definition) is 1. The van der Waals surface area contributed by atoms with Gasteiger partial charge in [0.25, 0.3) is 10.0 Å². The van der Waals surface area contributed by atoms with Gasteiger partial charge in [0.05, 0.1) is 10.6 Å². The summed E-state index contributed by atoms with van der Waals surface area (Å²) < 4.78 is 29.4. The molecule has 0 aliphatic carbocycles. The van der Waals surface area contributed by atoms with Gasteiger partial charge in [-0.15, -0.1) is 0 Å². The van der Waals surface area contributed by atoms with Gasteiger partial charge >= 0.3 is 0 Å². The van der Waals surface area contributed by atoms with Crippen LogP contribution in [0.25, 0.3) is 0 Å². The Labute approximate surface area is 227 Å². The summed E-state index contributed by atoms with van der Waals surface area (Å²) in [5.41, 5.74) is 3.19. The molecule has 0 saturated heterocycles. The molecule has 0 aliphatic heterocycles. The van der Waals surface area contributed by atoms with Crippen molar-refractivity contribution in [2.24, 2.45) is 0 Å². The van der Waals surface area contributed by atoms with Crippen molar-refractivity contribution in [2.45, 2.75) is 44.7 Å². The number of sulfonamides is 1. The highest BCUT2D eigenvalue weighted by atomic mass is 79.9. The van der Waals surface area contributed by atoms with Gasteiger partial charge in [-0.1, -0.05) is 70.4 Å². The third-order valence-corrected chi connectivity index (χ3v) is 8.43. The topological polar surface area (TPSA) is 86.8 Å². The van der Waals surface area contributed by atoms with Crippen molar-refractivity contribution in [3.05, 3.63) is 94.0 Å².